The predicted octanol–water partition coefficient (Wildman–Crippen LogP) is 1.66. The number of hydrogen-bond acceptors (Lipinski definition) is 3. The minimum absolute atomic E-state index is 0.708. The summed E-state index contributed by atoms with van der Waals surface area (Å²) in [6.07, 6.45) is 1.79. The Balaban J connectivity index is 1.84. The second-order valence-corrected chi connectivity index (χ2v) is 5.25. The largest absolute Gasteiger partial charge is 0.352 e. The maximum atomic E-state index is 4.22. The SMILES string of the molecule is CN=C(NCc1sccc1C)NCc1ccnn1C. The zero-order valence-corrected chi connectivity index (χ0v) is 12.3. The van der Waals surface area contributed by atoms with Gasteiger partial charge in [-0.1, -0.05) is 0 Å². The van der Waals surface area contributed by atoms with Gasteiger partial charge in [-0.05, 0) is 30.0 Å². The van der Waals surface area contributed by atoms with Crippen LogP contribution < -0.4 is 10.6 Å². The number of nitrogens with one attached hydrogen (secondary N) is 2. The molecule has 0 bridgehead atoms. The van der Waals surface area contributed by atoms with Crippen molar-refractivity contribution in [1.82, 2.24) is 20.4 Å². The van der Waals surface area contributed by atoms with Crippen molar-refractivity contribution in [2.45, 2.75) is 20.0 Å². The summed E-state index contributed by atoms with van der Waals surface area (Å²) in [5.74, 6) is 0.800. The monoisotopic (exact) mass is 277 g/mol. The summed E-state index contributed by atoms with van der Waals surface area (Å²) >= 11 is 1.76. The van der Waals surface area contributed by atoms with E-state index in [4.69, 9.17) is 0 Å². The van der Waals surface area contributed by atoms with E-state index in [1.165, 1.54) is 10.4 Å². The summed E-state index contributed by atoms with van der Waals surface area (Å²) in [5.41, 5.74) is 2.44. The number of guanidine groups is 1. The minimum atomic E-state index is 0.708. The third-order valence-electron chi connectivity index (χ3n) is 2.97. The Morgan fingerprint density at radius 2 is 2.16 bits per heavy atom. The van der Waals surface area contributed by atoms with Crippen molar-refractivity contribution < 1.29 is 0 Å². The molecule has 2 rings (SSSR count). The summed E-state index contributed by atoms with van der Waals surface area (Å²) in [6.45, 7) is 3.63. The molecule has 0 saturated heterocycles. The first-order valence-electron chi connectivity index (χ1n) is 6.15. The van der Waals surface area contributed by atoms with Crippen molar-refractivity contribution in [3.05, 3.63) is 39.8 Å². The molecule has 0 aliphatic heterocycles. The van der Waals surface area contributed by atoms with E-state index in [1.807, 2.05) is 17.8 Å². The number of aromatic nitrogens is 2. The van der Waals surface area contributed by atoms with Crippen LogP contribution in [-0.4, -0.2) is 22.8 Å². The van der Waals surface area contributed by atoms with Crippen molar-refractivity contribution in [3.63, 3.8) is 0 Å². The normalized spacial score (nSPS) is 11.6. The van der Waals surface area contributed by atoms with Gasteiger partial charge in [-0.25, -0.2) is 0 Å². The number of rotatable bonds is 4. The van der Waals surface area contributed by atoms with Gasteiger partial charge in [0.15, 0.2) is 5.96 Å². The number of thiophene rings is 1. The maximum absolute atomic E-state index is 4.22. The van der Waals surface area contributed by atoms with Crippen molar-refractivity contribution in [3.8, 4) is 0 Å². The number of hydrogen-bond donors (Lipinski definition) is 2. The molecular weight excluding hydrogens is 258 g/mol. The maximum Gasteiger partial charge on any atom is 0.191 e. The van der Waals surface area contributed by atoms with Gasteiger partial charge < -0.3 is 10.6 Å². The van der Waals surface area contributed by atoms with Crippen LogP contribution in [0.4, 0.5) is 0 Å². The zero-order valence-electron chi connectivity index (χ0n) is 11.5. The highest BCUT2D eigenvalue weighted by atomic mass is 32.1. The van der Waals surface area contributed by atoms with Crippen LogP contribution in [0.1, 0.15) is 16.1 Å². The number of nitrogens with zero attached hydrogens (tertiary/aromatic N) is 3. The molecule has 102 valence electrons. The molecular formula is C13H19N5S. The summed E-state index contributed by atoms with van der Waals surface area (Å²) in [4.78, 5) is 5.55. The van der Waals surface area contributed by atoms with Crippen LogP contribution in [0.3, 0.4) is 0 Å². The topological polar surface area (TPSA) is 54.2 Å². The Morgan fingerprint density at radius 1 is 1.37 bits per heavy atom. The van der Waals surface area contributed by atoms with Crippen LogP contribution in [0, 0.1) is 6.92 Å². The Kier molecular flexibility index (Phi) is 4.57. The van der Waals surface area contributed by atoms with Crippen LogP contribution in [-0.2, 0) is 20.1 Å². The third-order valence-corrected chi connectivity index (χ3v) is 3.99. The van der Waals surface area contributed by atoms with Crippen LogP contribution in [0.5, 0.6) is 0 Å². The average Bonchev–Trinajstić information content (AvgIpc) is 2.99. The molecule has 2 N–H and O–H groups in total. The minimum Gasteiger partial charge on any atom is -0.352 e. The highest BCUT2D eigenvalue weighted by Crippen LogP contribution is 2.14. The lowest BCUT2D eigenvalue weighted by Gasteiger charge is -2.11. The lowest BCUT2D eigenvalue weighted by molar-refractivity contribution is 0.685. The Hall–Kier alpha value is -1.82. The molecule has 6 heteroatoms. The average molecular weight is 277 g/mol. The Morgan fingerprint density at radius 3 is 2.74 bits per heavy atom. The van der Waals surface area contributed by atoms with Crippen LogP contribution in [0.2, 0.25) is 0 Å². The molecule has 0 aromatic carbocycles. The fourth-order valence-corrected chi connectivity index (χ4v) is 2.56. The van der Waals surface area contributed by atoms with Gasteiger partial charge in [-0.15, -0.1) is 11.3 Å². The van der Waals surface area contributed by atoms with Crippen molar-refractivity contribution in [2.75, 3.05) is 7.05 Å². The first-order chi connectivity index (χ1) is 9.20. The molecule has 0 saturated carbocycles. The van der Waals surface area contributed by atoms with E-state index >= 15 is 0 Å². The van der Waals surface area contributed by atoms with E-state index in [0.29, 0.717) is 6.54 Å². The van der Waals surface area contributed by atoms with E-state index in [0.717, 1.165) is 18.2 Å². The highest BCUT2D eigenvalue weighted by Gasteiger charge is 2.03. The lowest BCUT2D eigenvalue weighted by atomic mass is 10.3. The van der Waals surface area contributed by atoms with Gasteiger partial charge in [0.05, 0.1) is 18.8 Å². The van der Waals surface area contributed by atoms with Gasteiger partial charge in [0.1, 0.15) is 0 Å². The van der Waals surface area contributed by atoms with E-state index in [1.54, 1.807) is 24.6 Å². The Labute approximate surface area is 117 Å². The molecule has 0 spiro atoms. The van der Waals surface area contributed by atoms with Crippen LogP contribution in [0.25, 0.3) is 0 Å². The third kappa shape index (κ3) is 3.57. The fourth-order valence-electron chi connectivity index (χ4n) is 1.72. The van der Waals surface area contributed by atoms with Gasteiger partial charge in [0.2, 0.25) is 0 Å². The van der Waals surface area contributed by atoms with Crippen molar-refractivity contribution in [1.29, 1.82) is 0 Å². The molecule has 5 nitrogen and oxygen atoms in total. The summed E-state index contributed by atoms with van der Waals surface area (Å²) in [6, 6.07) is 4.12. The molecule has 19 heavy (non-hydrogen) atoms. The quantitative estimate of drug-likeness (QED) is 0.660. The van der Waals surface area contributed by atoms with E-state index < -0.39 is 0 Å². The second kappa shape index (κ2) is 6.38. The lowest BCUT2D eigenvalue weighted by Crippen LogP contribution is -2.36. The zero-order chi connectivity index (χ0) is 13.7. The van der Waals surface area contributed by atoms with Gasteiger partial charge in [-0.3, -0.25) is 9.67 Å². The first-order valence-corrected chi connectivity index (χ1v) is 7.03. The van der Waals surface area contributed by atoms with E-state index in [2.05, 4.69) is 39.1 Å². The second-order valence-electron chi connectivity index (χ2n) is 4.25. The molecule has 0 fully saturated rings. The molecule has 0 aliphatic rings. The first kappa shape index (κ1) is 13.6. The molecule has 0 aliphatic carbocycles. The molecule has 2 aromatic rings. The molecule has 0 amide bonds. The van der Waals surface area contributed by atoms with E-state index in [-0.39, 0.29) is 0 Å². The standard InChI is InChI=1S/C13H19N5S/c1-10-5-7-19-12(10)9-16-13(14-2)15-8-11-4-6-17-18(11)3/h4-7H,8-9H2,1-3H3,(H2,14,15,16). The van der Waals surface area contributed by atoms with Gasteiger partial charge >= 0.3 is 0 Å². The highest BCUT2D eigenvalue weighted by molar-refractivity contribution is 7.10. The molecule has 0 unspecified atom stereocenters. The van der Waals surface area contributed by atoms with Crippen LogP contribution in [0.15, 0.2) is 28.7 Å². The fraction of sp³-hybridized carbons (Fsp3) is 0.385. The van der Waals surface area contributed by atoms with Gasteiger partial charge in [0.25, 0.3) is 0 Å². The number of aliphatic imine (C=N–C) groups is 1. The van der Waals surface area contributed by atoms with Gasteiger partial charge in [0, 0.05) is 25.2 Å². The van der Waals surface area contributed by atoms with E-state index in [9.17, 15) is 0 Å². The smallest absolute Gasteiger partial charge is 0.191 e. The molecule has 0 radical (unpaired) electrons. The molecule has 2 aromatic heterocycles. The number of aryl methyl sites for hydroxylation is 2. The van der Waals surface area contributed by atoms with Crippen molar-refractivity contribution >= 4 is 17.3 Å². The molecule has 0 atom stereocenters. The molecule has 2 heterocycles. The van der Waals surface area contributed by atoms with Gasteiger partial charge in [-0.2, -0.15) is 5.10 Å². The summed E-state index contributed by atoms with van der Waals surface area (Å²) < 4.78 is 1.85. The Bertz CT molecular complexity index is 509. The van der Waals surface area contributed by atoms with Crippen molar-refractivity contribution in [2.24, 2.45) is 12.0 Å². The summed E-state index contributed by atoms with van der Waals surface area (Å²) in [5, 5.41) is 12.8. The van der Waals surface area contributed by atoms with Crippen LogP contribution >= 0.6 is 11.3 Å². The summed E-state index contributed by atoms with van der Waals surface area (Å²) in [7, 11) is 3.71. The predicted molar refractivity (Wildman–Crippen MR) is 79.3 cm³/mol.